The molecule has 0 aromatic carbocycles. The molecule has 0 radical (unpaired) electrons. The molecule has 18 heavy (non-hydrogen) atoms. The van der Waals surface area contributed by atoms with Crippen molar-refractivity contribution in [3.8, 4) is 0 Å². The first-order chi connectivity index (χ1) is 8.72. The second-order valence-corrected chi connectivity index (χ2v) is 4.15. The normalized spacial score (nSPS) is 23.0. The molecule has 1 aromatic heterocycles. The van der Waals surface area contributed by atoms with Gasteiger partial charge < -0.3 is 25.0 Å². The van der Waals surface area contributed by atoms with Gasteiger partial charge in [-0.05, 0) is 6.92 Å². The van der Waals surface area contributed by atoms with Gasteiger partial charge in [-0.1, -0.05) is 0 Å². The molecule has 0 spiro atoms. The van der Waals surface area contributed by atoms with Crippen molar-refractivity contribution >= 4 is 6.03 Å². The maximum atomic E-state index is 12.0. The quantitative estimate of drug-likeness (QED) is 0.688. The Labute approximate surface area is 105 Å². The van der Waals surface area contributed by atoms with Crippen molar-refractivity contribution in [2.24, 2.45) is 0 Å². The van der Waals surface area contributed by atoms with Gasteiger partial charge in [-0.3, -0.25) is 0 Å². The van der Waals surface area contributed by atoms with Gasteiger partial charge in [0.2, 0.25) is 0 Å². The summed E-state index contributed by atoms with van der Waals surface area (Å²) >= 11 is 0. The van der Waals surface area contributed by atoms with Gasteiger partial charge in [0, 0.05) is 18.9 Å². The lowest BCUT2D eigenvalue weighted by Gasteiger charge is -2.28. The number of H-pyrrole nitrogens is 1. The van der Waals surface area contributed by atoms with E-state index in [2.05, 4.69) is 15.3 Å². The number of likely N-dealkylation sites (N-methyl/N-ethyl adjacent to an activating group) is 1. The number of aromatic nitrogens is 2. The highest BCUT2D eigenvalue weighted by Gasteiger charge is 2.33. The van der Waals surface area contributed by atoms with E-state index in [1.165, 1.54) is 0 Å². The zero-order valence-corrected chi connectivity index (χ0v) is 10.3. The highest BCUT2D eigenvalue weighted by molar-refractivity contribution is 5.74. The number of ether oxygens (including phenoxy) is 1. The number of nitrogens with one attached hydrogen (secondary N) is 2. The first kappa shape index (κ1) is 12.8. The fraction of sp³-hybridized carbons (Fsp3) is 0.636. The lowest BCUT2D eigenvalue weighted by Crippen LogP contribution is -2.50. The summed E-state index contributed by atoms with van der Waals surface area (Å²) in [5, 5.41) is 12.5. The molecule has 0 aliphatic carbocycles. The molecule has 1 fully saturated rings. The molecular weight excluding hydrogens is 236 g/mol. The third-order valence-electron chi connectivity index (χ3n) is 2.99. The number of imidazole rings is 1. The molecule has 3 N–H and O–H groups in total. The average Bonchev–Trinajstić information content (AvgIpc) is 3.00. The van der Waals surface area contributed by atoms with Gasteiger partial charge in [0.1, 0.15) is 5.82 Å². The Kier molecular flexibility index (Phi) is 4.16. The number of nitrogens with zero attached hydrogens (tertiary/aromatic N) is 2. The number of aliphatic hydroxyl groups is 1. The highest BCUT2D eigenvalue weighted by Crippen LogP contribution is 2.13. The van der Waals surface area contributed by atoms with Crippen molar-refractivity contribution in [3.63, 3.8) is 0 Å². The summed E-state index contributed by atoms with van der Waals surface area (Å²) in [5.74, 6) is 0.697. The smallest absolute Gasteiger partial charge is 0.318 e. The van der Waals surface area contributed by atoms with E-state index >= 15 is 0 Å². The molecule has 2 atom stereocenters. The first-order valence-corrected chi connectivity index (χ1v) is 6.01. The Balaban J connectivity index is 1.89. The Hall–Kier alpha value is -1.60. The molecule has 1 saturated heterocycles. The number of hydrogen-bond acceptors (Lipinski definition) is 4. The monoisotopic (exact) mass is 254 g/mol. The molecular formula is C11H18N4O3. The average molecular weight is 254 g/mol. The predicted octanol–water partition coefficient (Wildman–Crippen LogP) is -0.299. The van der Waals surface area contributed by atoms with Crippen LogP contribution in [0.4, 0.5) is 4.79 Å². The Morgan fingerprint density at radius 1 is 1.72 bits per heavy atom. The van der Waals surface area contributed by atoms with Crippen LogP contribution < -0.4 is 5.32 Å². The summed E-state index contributed by atoms with van der Waals surface area (Å²) in [7, 11) is 0. The van der Waals surface area contributed by atoms with Crippen molar-refractivity contribution in [2.45, 2.75) is 25.6 Å². The van der Waals surface area contributed by atoms with Crippen LogP contribution in [0.5, 0.6) is 0 Å². The Bertz CT molecular complexity index is 382. The number of amides is 2. The van der Waals surface area contributed by atoms with E-state index in [0.717, 1.165) is 0 Å². The molecule has 2 amide bonds. The standard InChI is InChI=1S/C11H18N4O3/c1-2-15(8-6-18-7-9(8)16)11(17)14-5-10-12-3-4-13-10/h3-4,8-9,16H,2,5-7H2,1H3,(H,12,13)(H,14,17)/t8-,9-/m0/s1. The summed E-state index contributed by atoms with van der Waals surface area (Å²) in [6, 6.07) is -0.491. The van der Waals surface area contributed by atoms with Crippen LogP contribution in [0.15, 0.2) is 12.4 Å². The van der Waals surface area contributed by atoms with Gasteiger partial charge in [-0.15, -0.1) is 0 Å². The number of aromatic amines is 1. The maximum Gasteiger partial charge on any atom is 0.318 e. The van der Waals surface area contributed by atoms with E-state index < -0.39 is 6.10 Å². The summed E-state index contributed by atoms with van der Waals surface area (Å²) < 4.78 is 5.16. The van der Waals surface area contributed by atoms with Crippen LogP contribution in [-0.4, -0.2) is 57.9 Å². The first-order valence-electron chi connectivity index (χ1n) is 6.01. The van der Waals surface area contributed by atoms with Crippen LogP contribution in [0.1, 0.15) is 12.7 Å². The van der Waals surface area contributed by atoms with E-state index in [9.17, 15) is 9.90 Å². The molecule has 7 nitrogen and oxygen atoms in total. The summed E-state index contributed by atoms with van der Waals surface area (Å²) in [6.07, 6.45) is 2.72. The Morgan fingerprint density at radius 3 is 3.11 bits per heavy atom. The Morgan fingerprint density at radius 2 is 2.56 bits per heavy atom. The lowest BCUT2D eigenvalue weighted by atomic mass is 10.2. The molecule has 100 valence electrons. The fourth-order valence-corrected chi connectivity index (χ4v) is 2.01. The molecule has 0 saturated carbocycles. The van der Waals surface area contributed by atoms with E-state index in [1.807, 2.05) is 6.92 Å². The largest absolute Gasteiger partial charge is 0.388 e. The van der Waals surface area contributed by atoms with Crippen molar-refractivity contribution in [1.29, 1.82) is 0 Å². The van der Waals surface area contributed by atoms with Gasteiger partial charge in [0.25, 0.3) is 0 Å². The van der Waals surface area contributed by atoms with Crippen molar-refractivity contribution in [3.05, 3.63) is 18.2 Å². The number of carbonyl (C=O) groups is 1. The van der Waals surface area contributed by atoms with Crippen molar-refractivity contribution in [1.82, 2.24) is 20.2 Å². The van der Waals surface area contributed by atoms with Gasteiger partial charge in [0.15, 0.2) is 0 Å². The number of rotatable bonds is 4. The van der Waals surface area contributed by atoms with Crippen LogP contribution in [0.3, 0.4) is 0 Å². The van der Waals surface area contributed by atoms with E-state index in [1.54, 1.807) is 17.3 Å². The zero-order chi connectivity index (χ0) is 13.0. The van der Waals surface area contributed by atoms with Crippen LogP contribution in [-0.2, 0) is 11.3 Å². The van der Waals surface area contributed by atoms with Crippen LogP contribution in [0.25, 0.3) is 0 Å². The van der Waals surface area contributed by atoms with Gasteiger partial charge in [-0.25, -0.2) is 9.78 Å². The third kappa shape index (κ3) is 2.80. The summed E-state index contributed by atoms with van der Waals surface area (Å²) in [4.78, 5) is 20.5. The van der Waals surface area contributed by atoms with E-state index in [-0.39, 0.29) is 18.7 Å². The maximum absolute atomic E-state index is 12.0. The second kappa shape index (κ2) is 5.83. The zero-order valence-electron chi connectivity index (χ0n) is 10.3. The molecule has 1 aromatic rings. The molecule has 0 bridgehead atoms. The van der Waals surface area contributed by atoms with Crippen LogP contribution in [0.2, 0.25) is 0 Å². The third-order valence-corrected chi connectivity index (χ3v) is 2.99. The molecule has 1 aliphatic rings. The minimum Gasteiger partial charge on any atom is -0.388 e. The number of aliphatic hydroxyl groups excluding tert-OH is 1. The van der Waals surface area contributed by atoms with Gasteiger partial charge in [0.05, 0.1) is 31.9 Å². The van der Waals surface area contributed by atoms with Gasteiger partial charge >= 0.3 is 6.03 Å². The van der Waals surface area contributed by atoms with Gasteiger partial charge in [-0.2, -0.15) is 0 Å². The number of hydrogen-bond donors (Lipinski definition) is 3. The van der Waals surface area contributed by atoms with E-state index in [0.29, 0.717) is 25.5 Å². The van der Waals surface area contributed by atoms with E-state index in [4.69, 9.17) is 4.74 Å². The molecule has 2 rings (SSSR count). The number of urea groups is 1. The highest BCUT2D eigenvalue weighted by atomic mass is 16.5. The lowest BCUT2D eigenvalue weighted by molar-refractivity contribution is 0.0962. The summed E-state index contributed by atoms with van der Waals surface area (Å²) in [5.41, 5.74) is 0. The minimum atomic E-state index is -0.612. The minimum absolute atomic E-state index is 0.219. The van der Waals surface area contributed by atoms with Crippen LogP contribution in [0, 0.1) is 0 Å². The molecule has 1 aliphatic heterocycles. The molecule has 2 heterocycles. The summed E-state index contributed by atoms with van der Waals surface area (Å²) in [6.45, 7) is 3.40. The van der Waals surface area contributed by atoms with Crippen molar-refractivity contribution < 1.29 is 14.6 Å². The molecule has 0 unspecified atom stereocenters. The SMILES string of the molecule is CCN(C(=O)NCc1ncc[nH]1)[C@H]1COC[C@@H]1O. The van der Waals surface area contributed by atoms with Crippen LogP contribution >= 0.6 is 0 Å². The fourth-order valence-electron chi connectivity index (χ4n) is 2.01. The predicted molar refractivity (Wildman–Crippen MR) is 63.8 cm³/mol. The van der Waals surface area contributed by atoms with Crippen molar-refractivity contribution in [2.75, 3.05) is 19.8 Å². The second-order valence-electron chi connectivity index (χ2n) is 4.15. The topological polar surface area (TPSA) is 90.5 Å². The number of carbonyl (C=O) groups excluding carboxylic acids is 1. The molecule has 7 heteroatoms.